The standard InChI is InChI=1S/C8H8N4O2/c1-14-7-4-5(8(9)13)2-3-6(7)11-12-10/h2-4H,1H3,(H2,9,13). The third-order valence-electron chi connectivity index (χ3n) is 1.62. The first-order valence-corrected chi connectivity index (χ1v) is 3.72. The smallest absolute Gasteiger partial charge is 0.248 e. The van der Waals surface area contributed by atoms with Crippen molar-refractivity contribution in [2.45, 2.75) is 0 Å². The van der Waals surface area contributed by atoms with Gasteiger partial charge in [0.1, 0.15) is 5.75 Å². The molecule has 1 aromatic rings. The zero-order chi connectivity index (χ0) is 10.6. The van der Waals surface area contributed by atoms with E-state index in [1.54, 1.807) is 0 Å². The summed E-state index contributed by atoms with van der Waals surface area (Å²) in [4.78, 5) is 13.4. The summed E-state index contributed by atoms with van der Waals surface area (Å²) in [5.74, 6) is -0.241. The van der Waals surface area contributed by atoms with E-state index in [-0.39, 0.29) is 0 Å². The second-order valence-electron chi connectivity index (χ2n) is 2.44. The van der Waals surface area contributed by atoms with Crippen LogP contribution in [0.15, 0.2) is 23.3 Å². The molecule has 6 nitrogen and oxygen atoms in total. The number of hydrogen-bond acceptors (Lipinski definition) is 3. The highest BCUT2D eigenvalue weighted by molar-refractivity contribution is 5.93. The minimum Gasteiger partial charge on any atom is -0.496 e. The Labute approximate surface area is 79.9 Å². The normalized spacial score (nSPS) is 8.93. The number of ether oxygens (including phenoxy) is 1. The van der Waals surface area contributed by atoms with Crippen LogP contribution >= 0.6 is 0 Å². The number of hydrogen-bond donors (Lipinski definition) is 1. The van der Waals surface area contributed by atoms with Crippen molar-refractivity contribution in [3.05, 3.63) is 34.2 Å². The highest BCUT2D eigenvalue weighted by atomic mass is 16.5. The number of carbonyl (C=O) groups is 1. The molecule has 1 aromatic carbocycles. The fourth-order valence-corrected chi connectivity index (χ4v) is 0.962. The van der Waals surface area contributed by atoms with Crippen LogP contribution in [-0.4, -0.2) is 13.0 Å². The van der Waals surface area contributed by atoms with Crippen LogP contribution in [0.5, 0.6) is 5.75 Å². The Morgan fingerprint density at radius 1 is 1.64 bits per heavy atom. The number of azide groups is 1. The van der Waals surface area contributed by atoms with Gasteiger partial charge in [0.05, 0.1) is 12.8 Å². The lowest BCUT2D eigenvalue weighted by molar-refractivity contribution is 0.1000. The lowest BCUT2D eigenvalue weighted by atomic mass is 10.2. The Bertz CT molecular complexity index is 410. The first-order valence-electron chi connectivity index (χ1n) is 3.72. The predicted octanol–water partition coefficient (Wildman–Crippen LogP) is 1.74. The first-order chi connectivity index (χ1) is 6.69. The van der Waals surface area contributed by atoms with E-state index in [1.165, 1.54) is 25.3 Å². The van der Waals surface area contributed by atoms with Gasteiger partial charge in [-0.2, -0.15) is 0 Å². The van der Waals surface area contributed by atoms with Crippen LogP contribution < -0.4 is 10.5 Å². The average Bonchev–Trinajstić information content (AvgIpc) is 2.18. The van der Waals surface area contributed by atoms with Crippen molar-refractivity contribution < 1.29 is 9.53 Å². The van der Waals surface area contributed by atoms with E-state index < -0.39 is 5.91 Å². The summed E-state index contributed by atoms with van der Waals surface area (Å²) in [5, 5.41) is 3.38. The zero-order valence-electron chi connectivity index (χ0n) is 7.47. The van der Waals surface area contributed by atoms with Crippen molar-refractivity contribution >= 4 is 11.6 Å². The molecule has 0 saturated heterocycles. The summed E-state index contributed by atoms with van der Waals surface area (Å²) in [5.41, 5.74) is 13.9. The van der Waals surface area contributed by atoms with Gasteiger partial charge in [-0.25, -0.2) is 0 Å². The molecule has 14 heavy (non-hydrogen) atoms. The number of nitrogens with two attached hydrogens (primary N) is 1. The molecule has 0 atom stereocenters. The SMILES string of the molecule is COc1cc(C(N)=O)ccc1N=[N+]=[N-]. The Hall–Kier alpha value is -2.20. The summed E-state index contributed by atoms with van der Waals surface area (Å²) in [7, 11) is 1.41. The number of carbonyl (C=O) groups excluding carboxylic acids is 1. The highest BCUT2D eigenvalue weighted by Gasteiger charge is 2.05. The lowest BCUT2D eigenvalue weighted by Gasteiger charge is -2.04. The van der Waals surface area contributed by atoms with Crippen LogP contribution in [0.25, 0.3) is 10.4 Å². The first kappa shape index (κ1) is 9.88. The second-order valence-corrected chi connectivity index (χ2v) is 2.44. The topological polar surface area (TPSA) is 101 Å². The quantitative estimate of drug-likeness (QED) is 0.447. The Morgan fingerprint density at radius 2 is 2.36 bits per heavy atom. The van der Waals surface area contributed by atoms with Crippen LogP contribution in [0, 0.1) is 0 Å². The number of benzene rings is 1. The molecule has 1 rings (SSSR count). The van der Waals surface area contributed by atoms with Gasteiger partial charge in [0, 0.05) is 10.5 Å². The Morgan fingerprint density at radius 3 is 2.86 bits per heavy atom. The maximum atomic E-state index is 10.8. The van der Waals surface area contributed by atoms with E-state index in [0.29, 0.717) is 17.0 Å². The lowest BCUT2D eigenvalue weighted by Crippen LogP contribution is -2.10. The molecule has 6 heteroatoms. The third-order valence-corrected chi connectivity index (χ3v) is 1.62. The zero-order valence-corrected chi connectivity index (χ0v) is 7.47. The largest absolute Gasteiger partial charge is 0.496 e. The molecule has 0 aromatic heterocycles. The monoisotopic (exact) mass is 192 g/mol. The molecule has 0 aliphatic carbocycles. The Kier molecular flexibility index (Phi) is 2.93. The highest BCUT2D eigenvalue weighted by Crippen LogP contribution is 2.28. The van der Waals surface area contributed by atoms with Crippen LogP contribution in [0.4, 0.5) is 5.69 Å². The molecule has 0 fully saturated rings. The molecule has 0 aliphatic rings. The summed E-state index contributed by atoms with van der Waals surface area (Å²) in [6.07, 6.45) is 0. The van der Waals surface area contributed by atoms with Crippen LogP contribution in [-0.2, 0) is 0 Å². The number of amides is 1. The molecule has 0 radical (unpaired) electrons. The van der Waals surface area contributed by atoms with Crippen molar-refractivity contribution in [1.82, 2.24) is 0 Å². The molecule has 0 bridgehead atoms. The number of methoxy groups -OCH3 is 1. The van der Waals surface area contributed by atoms with E-state index in [9.17, 15) is 4.79 Å². The van der Waals surface area contributed by atoms with Gasteiger partial charge in [0.2, 0.25) is 5.91 Å². The number of primary amides is 1. The minimum absolute atomic E-state index is 0.304. The van der Waals surface area contributed by atoms with Gasteiger partial charge in [0.15, 0.2) is 0 Å². The van der Waals surface area contributed by atoms with Crippen LogP contribution in [0.2, 0.25) is 0 Å². The van der Waals surface area contributed by atoms with Crippen molar-refractivity contribution in [2.24, 2.45) is 10.8 Å². The summed E-state index contributed by atoms with van der Waals surface area (Å²) < 4.78 is 4.92. The van der Waals surface area contributed by atoms with Crippen molar-refractivity contribution in [2.75, 3.05) is 7.11 Å². The molecule has 0 saturated carbocycles. The Balaban J connectivity index is 3.24. The molecule has 0 spiro atoms. The van der Waals surface area contributed by atoms with E-state index >= 15 is 0 Å². The van der Waals surface area contributed by atoms with Gasteiger partial charge in [-0.3, -0.25) is 4.79 Å². The summed E-state index contributed by atoms with van der Waals surface area (Å²) in [6, 6.07) is 4.36. The number of rotatable bonds is 3. The van der Waals surface area contributed by atoms with E-state index in [2.05, 4.69) is 10.0 Å². The minimum atomic E-state index is -0.559. The van der Waals surface area contributed by atoms with Gasteiger partial charge in [-0.05, 0) is 23.7 Å². The molecule has 0 unspecified atom stereocenters. The van der Waals surface area contributed by atoms with Crippen LogP contribution in [0.1, 0.15) is 10.4 Å². The van der Waals surface area contributed by atoms with Crippen molar-refractivity contribution in [1.29, 1.82) is 0 Å². The molecule has 0 aliphatic heterocycles. The molecular weight excluding hydrogens is 184 g/mol. The average molecular weight is 192 g/mol. The maximum absolute atomic E-state index is 10.8. The fourth-order valence-electron chi connectivity index (χ4n) is 0.962. The van der Waals surface area contributed by atoms with E-state index in [0.717, 1.165) is 0 Å². The van der Waals surface area contributed by atoms with Crippen molar-refractivity contribution in [3.63, 3.8) is 0 Å². The maximum Gasteiger partial charge on any atom is 0.248 e. The molecule has 0 heterocycles. The van der Waals surface area contributed by atoms with Crippen molar-refractivity contribution in [3.8, 4) is 5.75 Å². The summed E-state index contributed by atoms with van der Waals surface area (Å²) >= 11 is 0. The second kappa shape index (κ2) is 4.15. The molecule has 1 amide bonds. The van der Waals surface area contributed by atoms with E-state index in [1.807, 2.05) is 0 Å². The van der Waals surface area contributed by atoms with Gasteiger partial charge < -0.3 is 10.5 Å². The van der Waals surface area contributed by atoms with Crippen LogP contribution in [0.3, 0.4) is 0 Å². The number of nitrogens with zero attached hydrogens (tertiary/aromatic N) is 3. The van der Waals surface area contributed by atoms with Gasteiger partial charge in [0.25, 0.3) is 0 Å². The fraction of sp³-hybridized carbons (Fsp3) is 0.125. The molecular formula is C8H8N4O2. The van der Waals surface area contributed by atoms with E-state index in [4.69, 9.17) is 16.0 Å². The predicted molar refractivity (Wildman–Crippen MR) is 50.3 cm³/mol. The third kappa shape index (κ3) is 1.94. The molecule has 72 valence electrons. The molecule has 2 N–H and O–H groups in total. The summed E-state index contributed by atoms with van der Waals surface area (Å²) in [6.45, 7) is 0. The van der Waals surface area contributed by atoms with Gasteiger partial charge >= 0.3 is 0 Å². The van der Waals surface area contributed by atoms with Gasteiger partial charge in [-0.15, -0.1) is 0 Å². The van der Waals surface area contributed by atoms with Gasteiger partial charge in [-0.1, -0.05) is 5.11 Å².